The van der Waals surface area contributed by atoms with E-state index in [4.69, 9.17) is 27.9 Å². The molecule has 1 N–H and O–H groups in total. The Balaban J connectivity index is 1.60. The number of amides is 1. The van der Waals surface area contributed by atoms with Gasteiger partial charge in [-0.3, -0.25) is 10.1 Å². The number of anilines is 1. The standard InChI is InChI=1S/C16H11Cl2N3O2S/c17-11-7-5-10(6-8-11)15(22)19-16-21-20-14(24-16)9-23-13-4-2-1-3-12(13)18/h1-8H,9H2,(H,19,21,22). The Bertz CT molecular complexity index is 853. The van der Waals surface area contributed by atoms with Gasteiger partial charge in [0.05, 0.1) is 5.02 Å². The van der Waals surface area contributed by atoms with E-state index in [-0.39, 0.29) is 12.5 Å². The number of carbonyl (C=O) groups excluding carboxylic acids is 1. The maximum Gasteiger partial charge on any atom is 0.257 e. The minimum atomic E-state index is -0.276. The zero-order valence-corrected chi connectivity index (χ0v) is 14.5. The highest BCUT2D eigenvalue weighted by atomic mass is 35.5. The van der Waals surface area contributed by atoms with Crippen molar-refractivity contribution in [3.8, 4) is 5.75 Å². The van der Waals surface area contributed by atoms with Gasteiger partial charge in [0.15, 0.2) is 5.01 Å². The molecule has 122 valence electrons. The molecule has 1 aromatic heterocycles. The van der Waals surface area contributed by atoms with Crippen molar-refractivity contribution in [2.24, 2.45) is 0 Å². The zero-order chi connectivity index (χ0) is 16.9. The van der Waals surface area contributed by atoms with Gasteiger partial charge in [-0.05, 0) is 36.4 Å². The van der Waals surface area contributed by atoms with Crippen LogP contribution in [0.2, 0.25) is 10.0 Å². The molecular weight excluding hydrogens is 369 g/mol. The number of rotatable bonds is 5. The Labute approximate surface area is 152 Å². The van der Waals surface area contributed by atoms with Crippen LogP contribution in [0.3, 0.4) is 0 Å². The lowest BCUT2D eigenvalue weighted by atomic mass is 10.2. The summed E-state index contributed by atoms with van der Waals surface area (Å²) in [5.41, 5.74) is 0.489. The van der Waals surface area contributed by atoms with Gasteiger partial charge in [-0.25, -0.2) is 0 Å². The first-order valence-electron chi connectivity index (χ1n) is 6.88. The molecule has 0 radical (unpaired) electrons. The highest BCUT2D eigenvalue weighted by molar-refractivity contribution is 7.15. The number of nitrogens with one attached hydrogen (secondary N) is 1. The Morgan fingerprint density at radius 3 is 2.58 bits per heavy atom. The molecule has 0 bridgehead atoms. The predicted octanol–water partition coefficient (Wildman–Crippen LogP) is 4.68. The molecule has 0 aliphatic rings. The molecule has 0 unspecified atom stereocenters. The van der Waals surface area contributed by atoms with Crippen LogP contribution in [0.15, 0.2) is 48.5 Å². The first-order chi connectivity index (χ1) is 11.6. The summed E-state index contributed by atoms with van der Waals surface area (Å²) >= 11 is 13.1. The molecule has 24 heavy (non-hydrogen) atoms. The third-order valence-electron chi connectivity index (χ3n) is 2.98. The fourth-order valence-corrected chi connectivity index (χ4v) is 2.80. The highest BCUT2D eigenvalue weighted by Gasteiger charge is 2.11. The third kappa shape index (κ3) is 4.23. The number of carbonyl (C=O) groups is 1. The highest BCUT2D eigenvalue weighted by Crippen LogP contribution is 2.25. The molecular formula is C16H11Cl2N3O2S. The number of hydrogen-bond donors (Lipinski definition) is 1. The maximum absolute atomic E-state index is 12.1. The predicted molar refractivity (Wildman–Crippen MR) is 95.1 cm³/mol. The lowest BCUT2D eigenvalue weighted by Crippen LogP contribution is -2.11. The van der Waals surface area contributed by atoms with Gasteiger partial charge in [0, 0.05) is 10.6 Å². The smallest absolute Gasteiger partial charge is 0.257 e. The second kappa shape index (κ2) is 7.61. The van der Waals surface area contributed by atoms with E-state index in [1.165, 1.54) is 11.3 Å². The van der Waals surface area contributed by atoms with Crippen LogP contribution in [0, 0.1) is 0 Å². The average molecular weight is 380 g/mol. The molecule has 0 saturated heterocycles. The van der Waals surface area contributed by atoms with Gasteiger partial charge < -0.3 is 4.74 Å². The van der Waals surface area contributed by atoms with Crippen molar-refractivity contribution in [3.63, 3.8) is 0 Å². The Kier molecular flexibility index (Phi) is 5.30. The summed E-state index contributed by atoms with van der Waals surface area (Å²) in [7, 11) is 0. The number of benzene rings is 2. The van der Waals surface area contributed by atoms with Crippen LogP contribution in [-0.4, -0.2) is 16.1 Å². The van der Waals surface area contributed by atoms with E-state index in [9.17, 15) is 4.79 Å². The molecule has 1 amide bonds. The molecule has 0 spiro atoms. The Morgan fingerprint density at radius 1 is 1.08 bits per heavy atom. The maximum atomic E-state index is 12.1. The minimum Gasteiger partial charge on any atom is -0.485 e. The van der Waals surface area contributed by atoms with E-state index in [1.54, 1.807) is 36.4 Å². The van der Waals surface area contributed by atoms with Gasteiger partial charge in [-0.1, -0.05) is 46.7 Å². The van der Waals surface area contributed by atoms with Crippen LogP contribution >= 0.6 is 34.5 Å². The fourth-order valence-electron chi connectivity index (χ4n) is 1.83. The summed E-state index contributed by atoms with van der Waals surface area (Å²) in [6.07, 6.45) is 0. The monoisotopic (exact) mass is 379 g/mol. The van der Waals surface area contributed by atoms with Crippen LogP contribution in [0.1, 0.15) is 15.4 Å². The Hall–Kier alpha value is -2.15. The van der Waals surface area contributed by atoms with Crippen molar-refractivity contribution in [2.45, 2.75) is 6.61 Å². The Morgan fingerprint density at radius 2 is 1.83 bits per heavy atom. The second-order valence-electron chi connectivity index (χ2n) is 4.68. The molecule has 2 aromatic carbocycles. The van der Waals surface area contributed by atoms with Crippen molar-refractivity contribution < 1.29 is 9.53 Å². The summed E-state index contributed by atoms with van der Waals surface area (Å²) in [6, 6.07) is 13.8. The van der Waals surface area contributed by atoms with Crippen LogP contribution in [-0.2, 0) is 6.61 Å². The summed E-state index contributed by atoms with van der Waals surface area (Å²) in [5, 5.41) is 12.7. The average Bonchev–Trinajstić information content (AvgIpc) is 3.02. The van der Waals surface area contributed by atoms with Crippen LogP contribution in [0.5, 0.6) is 5.75 Å². The summed E-state index contributed by atoms with van der Waals surface area (Å²) in [6.45, 7) is 0.220. The minimum absolute atomic E-state index is 0.220. The van der Waals surface area contributed by atoms with Gasteiger partial charge in [-0.2, -0.15) is 0 Å². The third-order valence-corrected chi connectivity index (χ3v) is 4.36. The van der Waals surface area contributed by atoms with Crippen LogP contribution in [0.4, 0.5) is 5.13 Å². The number of hydrogen-bond acceptors (Lipinski definition) is 5. The number of nitrogens with zero attached hydrogens (tertiary/aromatic N) is 2. The number of aromatic nitrogens is 2. The van der Waals surface area contributed by atoms with E-state index >= 15 is 0 Å². The van der Waals surface area contributed by atoms with Gasteiger partial charge >= 0.3 is 0 Å². The normalized spacial score (nSPS) is 10.4. The van der Waals surface area contributed by atoms with E-state index in [2.05, 4.69) is 15.5 Å². The molecule has 3 aromatic rings. The molecule has 0 fully saturated rings. The molecule has 3 rings (SSSR count). The summed E-state index contributed by atoms with van der Waals surface area (Å²) in [4.78, 5) is 12.1. The quantitative estimate of drug-likeness (QED) is 0.698. The summed E-state index contributed by atoms with van der Waals surface area (Å²) in [5.74, 6) is 0.294. The molecule has 0 atom stereocenters. The van der Waals surface area contributed by atoms with Crippen molar-refractivity contribution in [2.75, 3.05) is 5.32 Å². The van der Waals surface area contributed by atoms with Crippen molar-refractivity contribution >= 4 is 45.6 Å². The van der Waals surface area contributed by atoms with E-state index < -0.39 is 0 Å². The van der Waals surface area contributed by atoms with Gasteiger partial charge in [-0.15, -0.1) is 10.2 Å². The van der Waals surface area contributed by atoms with E-state index in [0.717, 1.165) is 0 Å². The van der Waals surface area contributed by atoms with Gasteiger partial charge in [0.25, 0.3) is 5.91 Å². The van der Waals surface area contributed by atoms with Crippen molar-refractivity contribution in [1.29, 1.82) is 0 Å². The van der Waals surface area contributed by atoms with E-state index in [0.29, 0.717) is 31.5 Å². The number of para-hydroxylation sites is 1. The molecule has 0 aliphatic carbocycles. The lowest BCUT2D eigenvalue weighted by Gasteiger charge is -2.04. The fraction of sp³-hybridized carbons (Fsp3) is 0.0625. The topological polar surface area (TPSA) is 64.1 Å². The van der Waals surface area contributed by atoms with Gasteiger partial charge in [0.2, 0.25) is 5.13 Å². The second-order valence-corrected chi connectivity index (χ2v) is 6.59. The molecule has 8 heteroatoms. The molecule has 0 saturated carbocycles. The zero-order valence-electron chi connectivity index (χ0n) is 12.2. The van der Waals surface area contributed by atoms with E-state index in [1.807, 2.05) is 12.1 Å². The van der Waals surface area contributed by atoms with Crippen molar-refractivity contribution in [3.05, 3.63) is 69.1 Å². The number of halogens is 2. The largest absolute Gasteiger partial charge is 0.485 e. The molecule has 5 nitrogen and oxygen atoms in total. The first kappa shape index (κ1) is 16.7. The SMILES string of the molecule is O=C(Nc1nnc(COc2ccccc2Cl)s1)c1ccc(Cl)cc1. The van der Waals surface area contributed by atoms with Crippen LogP contribution in [0.25, 0.3) is 0 Å². The number of ether oxygens (including phenoxy) is 1. The van der Waals surface area contributed by atoms with Gasteiger partial charge in [0.1, 0.15) is 12.4 Å². The van der Waals surface area contributed by atoms with Crippen LogP contribution < -0.4 is 10.1 Å². The van der Waals surface area contributed by atoms with Crippen molar-refractivity contribution in [1.82, 2.24) is 10.2 Å². The molecule has 1 heterocycles. The lowest BCUT2D eigenvalue weighted by molar-refractivity contribution is 0.102. The summed E-state index contributed by atoms with van der Waals surface area (Å²) < 4.78 is 5.59. The molecule has 0 aliphatic heterocycles. The first-order valence-corrected chi connectivity index (χ1v) is 8.46.